The SMILES string of the molecule is Nc1cccc(C2(c3ccccc3Cl)COC2)c1. The van der Waals surface area contributed by atoms with E-state index in [1.165, 1.54) is 5.56 Å². The van der Waals surface area contributed by atoms with Gasteiger partial charge >= 0.3 is 0 Å². The average molecular weight is 260 g/mol. The fraction of sp³-hybridized carbons (Fsp3) is 0.200. The summed E-state index contributed by atoms with van der Waals surface area (Å²) in [5.41, 5.74) is 8.78. The predicted octanol–water partition coefficient (Wildman–Crippen LogP) is 3.24. The lowest BCUT2D eigenvalue weighted by molar-refractivity contribution is -0.0379. The van der Waals surface area contributed by atoms with E-state index in [0.717, 1.165) is 16.3 Å². The maximum Gasteiger partial charge on any atom is 0.0684 e. The standard InChI is InChI=1S/C15H14ClNO/c16-14-7-2-1-6-13(14)15(9-18-10-15)11-4-3-5-12(17)8-11/h1-8H,9-10,17H2. The molecular weight excluding hydrogens is 246 g/mol. The van der Waals surface area contributed by atoms with Crippen LogP contribution < -0.4 is 5.73 Å². The molecule has 1 aliphatic rings. The lowest BCUT2D eigenvalue weighted by Gasteiger charge is -2.43. The number of nitrogen functional groups attached to an aromatic ring is 1. The Bertz CT molecular complexity index is 578. The zero-order valence-corrected chi connectivity index (χ0v) is 10.7. The Balaban J connectivity index is 2.14. The van der Waals surface area contributed by atoms with Crippen LogP contribution in [0.5, 0.6) is 0 Å². The Hall–Kier alpha value is -1.51. The van der Waals surface area contributed by atoms with Crippen molar-refractivity contribution < 1.29 is 4.74 Å². The first-order valence-electron chi connectivity index (χ1n) is 5.91. The van der Waals surface area contributed by atoms with E-state index in [2.05, 4.69) is 12.1 Å². The monoisotopic (exact) mass is 259 g/mol. The van der Waals surface area contributed by atoms with Gasteiger partial charge in [-0.15, -0.1) is 0 Å². The Morgan fingerprint density at radius 2 is 1.83 bits per heavy atom. The molecule has 92 valence electrons. The summed E-state index contributed by atoms with van der Waals surface area (Å²) < 4.78 is 5.44. The van der Waals surface area contributed by atoms with Crippen LogP contribution in [0.4, 0.5) is 5.69 Å². The molecule has 18 heavy (non-hydrogen) atoms. The Labute approximate surface area is 111 Å². The van der Waals surface area contributed by atoms with Crippen molar-refractivity contribution in [2.75, 3.05) is 18.9 Å². The molecule has 0 amide bonds. The van der Waals surface area contributed by atoms with Crippen molar-refractivity contribution >= 4 is 17.3 Å². The molecule has 1 fully saturated rings. The molecule has 3 heteroatoms. The van der Waals surface area contributed by atoms with Crippen LogP contribution in [0.25, 0.3) is 0 Å². The van der Waals surface area contributed by atoms with E-state index in [9.17, 15) is 0 Å². The molecule has 2 aromatic carbocycles. The van der Waals surface area contributed by atoms with Crippen LogP contribution >= 0.6 is 11.6 Å². The number of hydrogen-bond acceptors (Lipinski definition) is 2. The molecule has 0 saturated carbocycles. The van der Waals surface area contributed by atoms with E-state index in [1.54, 1.807) is 0 Å². The maximum atomic E-state index is 6.32. The molecule has 0 unspecified atom stereocenters. The van der Waals surface area contributed by atoms with E-state index < -0.39 is 0 Å². The number of anilines is 1. The number of ether oxygens (including phenoxy) is 1. The van der Waals surface area contributed by atoms with Gasteiger partial charge in [-0.05, 0) is 29.3 Å². The van der Waals surface area contributed by atoms with Crippen LogP contribution in [0.2, 0.25) is 5.02 Å². The average Bonchev–Trinajstić information content (AvgIpc) is 2.30. The molecule has 0 aliphatic carbocycles. The summed E-state index contributed by atoms with van der Waals surface area (Å²) in [6, 6.07) is 15.9. The minimum absolute atomic E-state index is 0.145. The first kappa shape index (κ1) is 11.6. The molecular formula is C15H14ClNO. The number of nitrogens with two attached hydrogens (primary N) is 1. The third-order valence-corrected chi connectivity index (χ3v) is 3.86. The first-order chi connectivity index (χ1) is 8.72. The fourth-order valence-corrected chi connectivity index (χ4v) is 2.79. The van der Waals surface area contributed by atoms with Crippen molar-refractivity contribution in [2.24, 2.45) is 0 Å². The van der Waals surface area contributed by atoms with Gasteiger partial charge in [0.05, 0.1) is 18.6 Å². The number of halogens is 1. The van der Waals surface area contributed by atoms with Crippen molar-refractivity contribution in [1.29, 1.82) is 0 Å². The molecule has 0 bridgehead atoms. The second-order valence-electron chi connectivity index (χ2n) is 4.68. The smallest absolute Gasteiger partial charge is 0.0684 e. The molecule has 2 N–H and O–H groups in total. The van der Waals surface area contributed by atoms with Crippen molar-refractivity contribution in [3.63, 3.8) is 0 Å². The van der Waals surface area contributed by atoms with Gasteiger partial charge in [0.25, 0.3) is 0 Å². The normalized spacial score (nSPS) is 17.2. The van der Waals surface area contributed by atoms with Crippen molar-refractivity contribution in [1.82, 2.24) is 0 Å². The third-order valence-electron chi connectivity index (χ3n) is 3.53. The van der Waals surface area contributed by atoms with Crippen LogP contribution in [0.1, 0.15) is 11.1 Å². The summed E-state index contributed by atoms with van der Waals surface area (Å²) in [7, 11) is 0. The molecule has 0 spiro atoms. The van der Waals surface area contributed by atoms with Crippen molar-refractivity contribution in [2.45, 2.75) is 5.41 Å². The molecule has 2 aromatic rings. The van der Waals surface area contributed by atoms with Gasteiger partial charge in [-0.2, -0.15) is 0 Å². The molecule has 0 aromatic heterocycles. The molecule has 0 radical (unpaired) electrons. The van der Waals surface area contributed by atoms with Crippen molar-refractivity contribution in [3.8, 4) is 0 Å². The lowest BCUT2D eigenvalue weighted by atomic mass is 9.73. The van der Waals surface area contributed by atoms with E-state index >= 15 is 0 Å². The highest BCUT2D eigenvalue weighted by atomic mass is 35.5. The highest BCUT2D eigenvalue weighted by Gasteiger charge is 2.43. The Morgan fingerprint density at radius 1 is 1.06 bits per heavy atom. The van der Waals surface area contributed by atoms with Gasteiger partial charge in [0.15, 0.2) is 0 Å². The topological polar surface area (TPSA) is 35.2 Å². The molecule has 2 nitrogen and oxygen atoms in total. The summed E-state index contributed by atoms with van der Waals surface area (Å²) in [5, 5.41) is 0.781. The van der Waals surface area contributed by atoms with Gasteiger partial charge in [0, 0.05) is 10.7 Å². The molecule has 1 aliphatic heterocycles. The third kappa shape index (κ3) is 1.69. The van der Waals surface area contributed by atoms with Crippen LogP contribution in [-0.2, 0) is 10.2 Å². The summed E-state index contributed by atoms with van der Waals surface area (Å²) >= 11 is 6.32. The summed E-state index contributed by atoms with van der Waals surface area (Å²) in [6.07, 6.45) is 0. The van der Waals surface area contributed by atoms with Crippen LogP contribution in [0.15, 0.2) is 48.5 Å². The zero-order chi connectivity index (χ0) is 12.6. The zero-order valence-electron chi connectivity index (χ0n) is 9.90. The minimum atomic E-state index is -0.145. The Morgan fingerprint density at radius 3 is 2.44 bits per heavy atom. The van der Waals surface area contributed by atoms with Crippen LogP contribution in [-0.4, -0.2) is 13.2 Å². The maximum absolute atomic E-state index is 6.32. The molecule has 3 rings (SSSR count). The van der Waals surface area contributed by atoms with Gasteiger partial charge in [0.2, 0.25) is 0 Å². The first-order valence-corrected chi connectivity index (χ1v) is 6.29. The van der Waals surface area contributed by atoms with E-state index in [0.29, 0.717) is 13.2 Å². The van der Waals surface area contributed by atoms with Crippen LogP contribution in [0.3, 0.4) is 0 Å². The predicted molar refractivity (Wildman–Crippen MR) is 73.9 cm³/mol. The van der Waals surface area contributed by atoms with E-state index in [1.807, 2.05) is 36.4 Å². The minimum Gasteiger partial charge on any atom is -0.399 e. The summed E-state index contributed by atoms with van der Waals surface area (Å²) in [6.45, 7) is 1.31. The number of hydrogen-bond donors (Lipinski definition) is 1. The largest absolute Gasteiger partial charge is 0.399 e. The van der Waals surface area contributed by atoms with E-state index in [4.69, 9.17) is 22.1 Å². The van der Waals surface area contributed by atoms with Gasteiger partial charge < -0.3 is 10.5 Å². The molecule has 1 heterocycles. The quantitative estimate of drug-likeness (QED) is 0.841. The summed E-state index contributed by atoms with van der Waals surface area (Å²) in [4.78, 5) is 0. The van der Waals surface area contributed by atoms with Crippen LogP contribution in [0, 0.1) is 0 Å². The second-order valence-corrected chi connectivity index (χ2v) is 5.09. The fourth-order valence-electron chi connectivity index (χ4n) is 2.47. The molecule has 1 saturated heterocycles. The Kier molecular flexibility index (Phi) is 2.77. The van der Waals surface area contributed by atoms with Gasteiger partial charge in [0.1, 0.15) is 0 Å². The van der Waals surface area contributed by atoms with E-state index in [-0.39, 0.29) is 5.41 Å². The van der Waals surface area contributed by atoms with Gasteiger partial charge in [-0.1, -0.05) is 41.9 Å². The lowest BCUT2D eigenvalue weighted by Crippen LogP contribution is -2.47. The number of rotatable bonds is 2. The second kappa shape index (κ2) is 4.30. The van der Waals surface area contributed by atoms with Gasteiger partial charge in [-0.3, -0.25) is 0 Å². The molecule has 0 atom stereocenters. The summed E-state index contributed by atoms with van der Waals surface area (Å²) in [5.74, 6) is 0. The highest BCUT2D eigenvalue weighted by molar-refractivity contribution is 6.31. The highest BCUT2D eigenvalue weighted by Crippen LogP contribution is 2.42. The van der Waals surface area contributed by atoms with Crippen molar-refractivity contribution in [3.05, 3.63) is 64.7 Å². The van der Waals surface area contributed by atoms with Gasteiger partial charge in [-0.25, -0.2) is 0 Å². The number of benzene rings is 2.